The number of phosphoric acid groups is 1. The zero-order valence-corrected chi connectivity index (χ0v) is 41.4. The third-order valence-corrected chi connectivity index (χ3v) is 12.6. The first-order valence-electron chi connectivity index (χ1n) is 25.8. The molecule has 0 aromatic carbocycles. The third-order valence-electron chi connectivity index (χ3n) is 11.6. The SMILES string of the molecule is CCCCCCCCCCCCCCCCCCCCCCCCCCCCCCCCCC(=O)OC(COC(=O)CCCCCCC)COP(=O)(O)OCC[N+](C)(C)C. The van der Waals surface area contributed by atoms with E-state index in [1.807, 2.05) is 21.1 Å². The Labute approximate surface area is 372 Å². The summed E-state index contributed by atoms with van der Waals surface area (Å²) in [7, 11) is 1.49. The van der Waals surface area contributed by atoms with Crippen molar-refractivity contribution in [3.8, 4) is 0 Å². The Hall–Kier alpha value is -0.990. The summed E-state index contributed by atoms with van der Waals surface area (Å²) >= 11 is 0. The van der Waals surface area contributed by atoms with Crippen LogP contribution in [0.4, 0.5) is 0 Å². The van der Waals surface area contributed by atoms with Crippen molar-refractivity contribution >= 4 is 19.8 Å². The predicted molar refractivity (Wildman–Crippen MR) is 252 cm³/mol. The van der Waals surface area contributed by atoms with Crippen LogP contribution in [0, 0.1) is 0 Å². The fourth-order valence-corrected chi connectivity index (χ4v) is 8.35. The van der Waals surface area contributed by atoms with Crippen LogP contribution in [0.15, 0.2) is 0 Å². The fraction of sp³-hybridized carbons (Fsp3) is 0.960. The highest BCUT2D eigenvalue weighted by molar-refractivity contribution is 7.47. The number of carbonyl (C=O) groups excluding carboxylic acids is 2. The molecular weight excluding hydrogens is 774 g/mol. The molecule has 358 valence electrons. The monoisotopic (exact) mass is 875 g/mol. The van der Waals surface area contributed by atoms with Crippen LogP contribution in [-0.4, -0.2) is 74.9 Å². The van der Waals surface area contributed by atoms with Gasteiger partial charge in [-0.2, -0.15) is 0 Å². The van der Waals surface area contributed by atoms with Crippen molar-refractivity contribution in [3.05, 3.63) is 0 Å². The van der Waals surface area contributed by atoms with Crippen molar-refractivity contribution in [1.82, 2.24) is 0 Å². The molecule has 0 radical (unpaired) electrons. The number of phosphoric ester groups is 1. The quantitative estimate of drug-likeness (QED) is 0.0279. The van der Waals surface area contributed by atoms with E-state index in [0.717, 1.165) is 51.4 Å². The number of unbranched alkanes of at least 4 members (excludes halogenated alkanes) is 34. The molecule has 2 unspecified atom stereocenters. The molecule has 0 aliphatic heterocycles. The summed E-state index contributed by atoms with van der Waals surface area (Å²) in [6, 6.07) is 0. The number of ether oxygens (including phenoxy) is 2. The zero-order chi connectivity index (χ0) is 44.3. The second-order valence-electron chi connectivity index (χ2n) is 18.9. The van der Waals surface area contributed by atoms with E-state index in [-0.39, 0.29) is 32.0 Å². The minimum atomic E-state index is -4.36. The number of hydrogen-bond donors (Lipinski definition) is 1. The van der Waals surface area contributed by atoms with Gasteiger partial charge in [0.05, 0.1) is 27.7 Å². The van der Waals surface area contributed by atoms with Gasteiger partial charge in [0.25, 0.3) is 0 Å². The molecule has 0 aliphatic rings. The van der Waals surface area contributed by atoms with Crippen molar-refractivity contribution in [3.63, 3.8) is 0 Å². The number of likely N-dealkylation sites (N-methyl/N-ethyl adjacent to an activating group) is 1. The maximum absolute atomic E-state index is 12.7. The van der Waals surface area contributed by atoms with Crippen LogP contribution in [-0.2, 0) is 32.7 Å². The van der Waals surface area contributed by atoms with Crippen LogP contribution in [0.2, 0.25) is 0 Å². The smallest absolute Gasteiger partial charge is 0.462 e. The lowest BCUT2D eigenvalue weighted by molar-refractivity contribution is -0.870. The molecule has 0 amide bonds. The van der Waals surface area contributed by atoms with E-state index in [9.17, 15) is 19.0 Å². The molecule has 2 atom stereocenters. The first-order valence-corrected chi connectivity index (χ1v) is 27.3. The van der Waals surface area contributed by atoms with E-state index in [4.69, 9.17) is 18.5 Å². The summed E-state index contributed by atoms with van der Waals surface area (Å²) in [5, 5.41) is 0. The number of nitrogens with zero attached hydrogens (tertiary/aromatic N) is 1. The highest BCUT2D eigenvalue weighted by atomic mass is 31.2. The average Bonchev–Trinajstić information content (AvgIpc) is 3.20. The van der Waals surface area contributed by atoms with E-state index in [1.54, 1.807) is 0 Å². The summed E-state index contributed by atoms with van der Waals surface area (Å²) in [5.74, 6) is -0.798. The highest BCUT2D eigenvalue weighted by Gasteiger charge is 2.27. The molecule has 0 saturated carbocycles. The molecular formula is C50H101NO8P+. The Balaban J connectivity index is 3.81. The van der Waals surface area contributed by atoms with Crippen LogP contribution >= 0.6 is 7.82 Å². The maximum Gasteiger partial charge on any atom is 0.472 e. The Kier molecular flexibility index (Phi) is 42.6. The number of carbonyl (C=O) groups is 2. The van der Waals surface area contributed by atoms with E-state index in [2.05, 4.69) is 13.8 Å². The molecule has 0 rings (SSSR count). The van der Waals surface area contributed by atoms with Gasteiger partial charge >= 0.3 is 19.8 Å². The second kappa shape index (κ2) is 43.3. The Morgan fingerprint density at radius 3 is 1.07 bits per heavy atom. The molecule has 9 nitrogen and oxygen atoms in total. The molecule has 0 heterocycles. The lowest BCUT2D eigenvalue weighted by Crippen LogP contribution is -2.37. The molecule has 0 saturated heterocycles. The summed E-state index contributed by atoms with van der Waals surface area (Å²) in [6.45, 7) is 4.37. The molecule has 1 N–H and O–H groups in total. The van der Waals surface area contributed by atoms with E-state index in [1.165, 1.54) is 180 Å². The normalized spacial score (nSPS) is 13.4. The summed E-state index contributed by atoms with van der Waals surface area (Å²) in [4.78, 5) is 35.1. The van der Waals surface area contributed by atoms with Gasteiger partial charge in [-0.1, -0.05) is 232 Å². The standard InChI is InChI=1S/C50H100NO8P/c1-6-8-10-12-13-14-15-16-17-18-19-20-21-22-23-24-25-26-27-28-29-30-31-32-33-34-35-36-37-39-41-43-50(53)59-48(46-56-49(52)42-40-38-11-9-7-2)47-58-60(54,55)57-45-44-51(3,4)5/h48H,6-47H2,1-5H3/p+1. The molecule has 10 heteroatoms. The summed E-state index contributed by atoms with van der Waals surface area (Å²) in [5.41, 5.74) is 0. The van der Waals surface area contributed by atoms with Crippen LogP contribution < -0.4 is 0 Å². The van der Waals surface area contributed by atoms with Crippen molar-refractivity contribution in [2.45, 2.75) is 264 Å². The van der Waals surface area contributed by atoms with Crippen LogP contribution in [0.1, 0.15) is 258 Å². The third kappa shape index (κ3) is 46.5. The van der Waals surface area contributed by atoms with Crippen molar-refractivity contribution < 1.29 is 42.1 Å². The summed E-state index contributed by atoms with van der Waals surface area (Å²) in [6.07, 6.45) is 46.7. The van der Waals surface area contributed by atoms with Crippen molar-refractivity contribution in [1.29, 1.82) is 0 Å². The van der Waals surface area contributed by atoms with Gasteiger partial charge in [-0.05, 0) is 12.8 Å². The lowest BCUT2D eigenvalue weighted by atomic mass is 10.0. The van der Waals surface area contributed by atoms with Crippen molar-refractivity contribution in [2.75, 3.05) is 47.5 Å². The summed E-state index contributed by atoms with van der Waals surface area (Å²) < 4.78 is 34.1. The molecule has 0 bridgehead atoms. The van der Waals surface area contributed by atoms with Gasteiger partial charge in [-0.25, -0.2) is 4.57 Å². The highest BCUT2D eigenvalue weighted by Crippen LogP contribution is 2.43. The molecule has 0 aliphatic carbocycles. The number of rotatable bonds is 48. The first kappa shape index (κ1) is 59.0. The van der Waals surface area contributed by atoms with Gasteiger partial charge in [0.2, 0.25) is 0 Å². The Bertz CT molecular complexity index is 990. The number of esters is 2. The van der Waals surface area contributed by atoms with Crippen LogP contribution in [0.3, 0.4) is 0 Å². The Morgan fingerprint density at radius 2 is 0.750 bits per heavy atom. The lowest BCUT2D eigenvalue weighted by Gasteiger charge is -2.24. The second-order valence-corrected chi connectivity index (χ2v) is 20.4. The largest absolute Gasteiger partial charge is 0.472 e. The van der Waals surface area contributed by atoms with Gasteiger partial charge in [0.15, 0.2) is 6.10 Å². The van der Waals surface area contributed by atoms with E-state index < -0.39 is 26.5 Å². The maximum atomic E-state index is 12.7. The van der Waals surface area contributed by atoms with Gasteiger partial charge in [0.1, 0.15) is 19.8 Å². The van der Waals surface area contributed by atoms with Gasteiger partial charge in [0, 0.05) is 12.8 Å². The van der Waals surface area contributed by atoms with Crippen LogP contribution in [0.25, 0.3) is 0 Å². The van der Waals surface area contributed by atoms with E-state index >= 15 is 0 Å². The zero-order valence-electron chi connectivity index (χ0n) is 40.5. The molecule has 0 fully saturated rings. The number of quaternary nitrogens is 1. The molecule has 0 aromatic heterocycles. The Morgan fingerprint density at radius 1 is 0.450 bits per heavy atom. The van der Waals surface area contributed by atoms with Gasteiger partial charge in [-0.3, -0.25) is 18.6 Å². The minimum Gasteiger partial charge on any atom is -0.462 e. The van der Waals surface area contributed by atoms with Gasteiger partial charge in [-0.15, -0.1) is 0 Å². The van der Waals surface area contributed by atoms with Crippen molar-refractivity contribution in [2.24, 2.45) is 0 Å². The topological polar surface area (TPSA) is 108 Å². The van der Waals surface area contributed by atoms with Crippen LogP contribution in [0.5, 0.6) is 0 Å². The van der Waals surface area contributed by atoms with Gasteiger partial charge < -0.3 is 18.9 Å². The fourth-order valence-electron chi connectivity index (χ4n) is 7.61. The van der Waals surface area contributed by atoms with E-state index in [0.29, 0.717) is 11.0 Å². The minimum absolute atomic E-state index is 0.0362. The molecule has 60 heavy (non-hydrogen) atoms. The molecule has 0 aromatic rings. The average molecular weight is 875 g/mol. The molecule has 0 spiro atoms. The predicted octanol–water partition coefficient (Wildman–Crippen LogP) is 15.1. The first-order chi connectivity index (χ1) is 29.0. The number of hydrogen-bond acceptors (Lipinski definition) is 7.